The van der Waals surface area contributed by atoms with Crippen molar-refractivity contribution in [2.45, 2.75) is 360 Å². The van der Waals surface area contributed by atoms with Crippen molar-refractivity contribution in [1.82, 2.24) is 5.32 Å². The Balaban J connectivity index is 3.50. The van der Waals surface area contributed by atoms with Gasteiger partial charge in [-0.1, -0.05) is 325 Å². The van der Waals surface area contributed by atoms with Gasteiger partial charge in [0.15, 0.2) is 0 Å². The summed E-state index contributed by atoms with van der Waals surface area (Å²) >= 11 is 0. The molecule has 0 heterocycles. The van der Waals surface area contributed by atoms with Gasteiger partial charge in [-0.2, -0.15) is 0 Å². The Morgan fingerprint density at radius 3 is 0.889 bits per heavy atom. The van der Waals surface area contributed by atoms with Crippen molar-refractivity contribution in [3.8, 4) is 0 Å². The summed E-state index contributed by atoms with van der Waals surface area (Å²) < 4.78 is 0. The van der Waals surface area contributed by atoms with E-state index in [0.717, 1.165) is 44.9 Å². The van der Waals surface area contributed by atoms with E-state index in [0.29, 0.717) is 6.42 Å². The van der Waals surface area contributed by atoms with Crippen LogP contribution in [0.1, 0.15) is 348 Å². The van der Waals surface area contributed by atoms with Gasteiger partial charge in [0.25, 0.3) is 0 Å². The molecule has 0 spiro atoms. The maximum Gasteiger partial charge on any atom is 0.220 e. The first kappa shape index (κ1) is 70.1. The fraction of sp³-hybridized carbons (Fsp3) is 0.838. The number of aliphatic hydroxyl groups is 2. The highest BCUT2D eigenvalue weighted by Gasteiger charge is 2.18. The fourth-order valence-electron chi connectivity index (χ4n) is 10.0. The molecule has 0 saturated carbocycles. The van der Waals surface area contributed by atoms with Crippen molar-refractivity contribution in [3.63, 3.8) is 0 Å². The SMILES string of the molecule is CCCCCCC/C=C\C/C=C\CCCCCCCCCCCCCCCCCCCCCC(=O)NC(CO)C(O)/C=C/CC/C=C/CC/C=C/CCCCCCCCCCCCCCCCCCCCC. The van der Waals surface area contributed by atoms with E-state index in [1.165, 1.54) is 283 Å². The molecule has 0 saturated heterocycles. The first-order chi connectivity index (χ1) is 35.7. The van der Waals surface area contributed by atoms with Gasteiger partial charge in [0, 0.05) is 6.42 Å². The average Bonchev–Trinajstić information content (AvgIpc) is 3.39. The average molecular weight is 1010 g/mol. The van der Waals surface area contributed by atoms with Gasteiger partial charge in [0.2, 0.25) is 5.91 Å². The number of amides is 1. The van der Waals surface area contributed by atoms with E-state index in [1.807, 2.05) is 6.08 Å². The minimum absolute atomic E-state index is 0.0732. The molecule has 422 valence electrons. The summed E-state index contributed by atoms with van der Waals surface area (Å²) in [5.74, 6) is -0.0732. The second-order valence-electron chi connectivity index (χ2n) is 22.2. The summed E-state index contributed by atoms with van der Waals surface area (Å²) in [6.45, 7) is 4.32. The first-order valence-corrected chi connectivity index (χ1v) is 32.5. The van der Waals surface area contributed by atoms with Crippen LogP contribution in [0.5, 0.6) is 0 Å². The Bertz CT molecular complexity index is 1190. The zero-order valence-corrected chi connectivity index (χ0v) is 48.7. The Morgan fingerprint density at radius 1 is 0.333 bits per heavy atom. The smallest absolute Gasteiger partial charge is 0.220 e. The van der Waals surface area contributed by atoms with E-state index in [4.69, 9.17) is 0 Å². The van der Waals surface area contributed by atoms with Crippen molar-refractivity contribution >= 4 is 5.91 Å². The lowest BCUT2D eigenvalue weighted by atomic mass is 10.0. The zero-order chi connectivity index (χ0) is 52.0. The minimum Gasteiger partial charge on any atom is -0.394 e. The van der Waals surface area contributed by atoms with Gasteiger partial charge in [-0.15, -0.1) is 0 Å². The number of hydrogen-bond donors (Lipinski definition) is 3. The molecular weight excluding hydrogens is 879 g/mol. The number of allylic oxidation sites excluding steroid dienone is 9. The second-order valence-corrected chi connectivity index (χ2v) is 22.2. The number of aliphatic hydroxyl groups excluding tert-OH is 2. The largest absolute Gasteiger partial charge is 0.394 e. The van der Waals surface area contributed by atoms with Crippen LogP contribution in [0.15, 0.2) is 60.8 Å². The Hall–Kier alpha value is -1.91. The van der Waals surface area contributed by atoms with Gasteiger partial charge in [0.1, 0.15) is 0 Å². The molecule has 0 radical (unpaired) electrons. The van der Waals surface area contributed by atoms with Gasteiger partial charge in [-0.25, -0.2) is 0 Å². The van der Waals surface area contributed by atoms with Gasteiger partial charge in [0.05, 0.1) is 18.8 Å². The van der Waals surface area contributed by atoms with Crippen LogP contribution in [0.3, 0.4) is 0 Å². The lowest BCUT2D eigenvalue weighted by molar-refractivity contribution is -0.123. The maximum absolute atomic E-state index is 12.5. The molecule has 0 aromatic carbocycles. The highest BCUT2D eigenvalue weighted by molar-refractivity contribution is 5.76. The third-order valence-corrected chi connectivity index (χ3v) is 15.0. The number of nitrogens with one attached hydrogen (secondary N) is 1. The molecule has 0 aromatic heterocycles. The molecule has 0 aliphatic rings. The number of unbranched alkanes of at least 4 members (excludes halogenated alkanes) is 45. The van der Waals surface area contributed by atoms with E-state index < -0.39 is 12.1 Å². The zero-order valence-electron chi connectivity index (χ0n) is 48.7. The molecule has 2 atom stereocenters. The van der Waals surface area contributed by atoms with Crippen molar-refractivity contribution in [2.24, 2.45) is 0 Å². The maximum atomic E-state index is 12.5. The number of carbonyl (C=O) groups excluding carboxylic acids is 1. The van der Waals surface area contributed by atoms with Crippen LogP contribution >= 0.6 is 0 Å². The van der Waals surface area contributed by atoms with Gasteiger partial charge >= 0.3 is 0 Å². The van der Waals surface area contributed by atoms with Crippen LogP contribution in [-0.2, 0) is 4.79 Å². The van der Waals surface area contributed by atoms with Crippen molar-refractivity contribution in [1.29, 1.82) is 0 Å². The van der Waals surface area contributed by atoms with E-state index in [-0.39, 0.29) is 12.5 Å². The molecule has 4 nitrogen and oxygen atoms in total. The summed E-state index contributed by atoms with van der Waals surface area (Å²) in [5.41, 5.74) is 0. The fourth-order valence-corrected chi connectivity index (χ4v) is 10.0. The Morgan fingerprint density at radius 2 is 0.583 bits per heavy atom. The predicted molar refractivity (Wildman–Crippen MR) is 322 cm³/mol. The lowest BCUT2D eigenvalue weighted by Gasteiger charge is -2.19. The molecule has 72 heavy (non-hydrogen) atoms. The summed E-state index contributed by atoms with van der Waals surface area (Å²) in [5, 5.41) is 23.2. The van der Waals surface area contributed by atoms with Gasteiger partial charge < -0.3 is 15.5 Å². The minimum atomic E-state index is -0.873. The Kier molecular flexibility index (Phi) is 61.7. The van der Waals surface area contributed by atoms with E-state index >= 15 is 0 Å². The quantitative estimate of drug-likeness (QED) is 0.0420. The highest BCUT2D eigenvalue weighted by atomic mass is 16.3. The Labute approximate surface area is 451 Å². The predicted octanol–water partition coefficient (Wildman–Crippen LogP) is 21.9. The molecule has 3 N–H and O–H groups in total. The molecule has 0 aromatic rings. The standard InChI is InChI=1S/C68H127NO3/c1-3-5-7-9-11-13-15-17-19-21-23-25-27-29-31-33-34-36-38-40-42-44-46-48-50-52-54-56-58-60-62-64-68(72)69-66(65-70)67(71)63-61-59-57-55-53-51-49-47-45-43-41-39-37-35-32-30-28-26-24-22-20-18-16-14-12-10-8-6-4-2/h15,17,21,23,45,47,53,55,61,63,66-67,70-71H,3-14,16,18-20,22,24-44,46,48-52,54,56-60,62,64-65H2,1-2H3,(H,69,72)/b17-15-,23-21-,47-45+,55-53+,63-61+. The van der Waals surface area contributed by atoms with E-state index in [2.05, 4.69) is 67.8 Å². The highest BCUT2D eigenvalue weighted by Crippen LogP contribution is 2.18. The van der Waals surface area contributed by atoms with Crippen molar-refractivity contribution < 1.29 is 15.0 Å². The van der Waals surface area contributed by atoms with Crippen LogP contribution in [-0.4, -0.2) is 34.9 Å². The molecule has 1 amide bonds. The molecule has 4 heteroatoms. The van der Waals surface area contributed by atoms with Crippen LogP contribution in [0, 0.1) is 0 Å². The number of hydrogen-bond acceptors (Lipinski definition) is 3. The van der Waals surface area contributed by atoms with E-state index in [9.17, 15) is 15.0 Å². The van der Waals surface area contributed by atoms with Crippen molar-refractivity contribution in [3.05, 3.63) is 60.8 Å². The third kappa shape index (κ3) is 59.0. The summed E-state index contributed by atoms with van der Waals surface area (Å²) in [7, 11) is 0. The summed E-state index contributed by atoms with van der Waals surface area (Å²) in [6.07, 6.45) is 90.0. The molecule has 0 aliphatic carbocycles. The van der Waals surface area contributed by atoms with E-state index in [1.54, 1.807) is 6.08 Å². The van der Waals surface area contributed by atoms with Crippen molar-refractivity contribution in [2.75, 3.05) is 6.61 Å². The molecule has 2 unspecified atom stereocenters. The molecule has 0 rings (SSSR count). The topological polar surface area (TPSA) is 69.6 Å². The van der Waals surface area contributed by atoms with Gasteiger partial charge in [-0.3, -0.25) is 4.79 Å². The summed E-state index contributed by atoms with van der Waals surface area (Å²) in [6, 6.07) is -0.648. The van der Waals surface area contributed by atoms with Crippen LogP contribution in [0.2, 0.25) is 0 Å². The monoisotopic (exact) mass is 1010 g/mol. The summed E-state index contributed by atoms with van der Waals surface area (Å²) in [4.78, 5) is 12.5. The number of rotatable bonds is 60. The molecule has 0 fully saturated rings. The van der Waals surface area contributed by atoms with Gasteiger partial charge in [-0.05, 0) is 77.0 Å². The third-order valence-electron chi connectivity index (χ3n) is 15.0. The second kappa shape index (κ2) is 63.4. The lowest BCUT2D eigenvalue weighted by Crippen LogP contribution is -2.45. The molecular formula is C68H127NO3. The number of carbonyl (C=O) groups is 1. The van der Waals surface area contributed by atoms with Crippen LogP contribution < -0.4 is 5.32 Å². The van der Waals surface area contributed by atoms with Crippen LogP contribution in [0.4, 0.5) is 0 Å². The normalized spacial score (nSPS) is 13.1. The molecule has 0 bridgehead atoms. The first-order valence-electron chi connectivity index (χ1n) is 32.5. The molecule has 0 aliphatic heterocycles. The van der Waals surface area contributed by atoms with Crippen LogP contribution in [0.25, 0.3) is 0 Å².